The number of hydrogen-bond acceptors (Lipinski definition) is 6. The second kappa shape index (κ2) is 61.4. The van der Waals surface area contributed by atoms with Gasteiger partial charge >= 0.3 is 17.9 Å². The molecule has 0 bridgehead atoms. The van der Waals surface area contributed by atoms with Gasteiger partial charge in [-0.3, -0.25) is 14.4 Å². The number of esters is 3. The molecule has 0 aliphatic carbocycles. The molecular formula is C68H112O6. The van der Waals surface area contributed by atoms with E-state index in [2.05, 4.69) is 142 Å². The smallest absolute Gasteiger partial charge is 0.306 e. The Hall–Kier alpha value is -4.19. The number of ether oxygens (including phenoxy) is 3. The Morgan fingerprint density at radius 3 is 0.865 bits per heavy atom. The molecule has 420 valence electrons. The van der Waals surface area contributed by atoms with Crippen molar-refractivity contribution in [3.05, 3.63) is 122 Å². The largest absolute Gasteiger partial charge is 0.462 e. The van der Waals surface area contributed by atoms with Crippen LogP contribution in [0.4, 0.5) is 0 Å². The molecule has 0 aromatic carbocycles. The van der Waals surface area contributed by atoms with Crippen molar-refractivity contribution >= 4 is 17.9 Å². The molecule has 74 heavy (non-hydrogen) atoms. The van der Waals surface area contributed by atoms with Crippen LogP contribution in [0.5, 0.6) is 0 Å². The average Bonchev–Trinajstić information content (AvgIpc) is 3.40. The van der Waals surface area contributed by atoms with Crippen LogP contribution in [-0.2, 0) is 28.6 Å². The third-order valence-electron chi connectivity index (χ3n) is 12.7. The minimum atomic E-state index is -0.809. The summed E-state index contributed by atoms with van der Waals surface area (Å²) in [6.45, 7) is 6.41. The van der Waals surface area contributed by atoms with Gasteiger partial charge in [0, 0.05) is 19.3 Å². The Morgan fingerprint density at radius 1 is 0.284 bits per heavy atom. The van der Waals surface area contributed by atoms with Crippen molar-refractivity contribution in [2.45, 2.75) is 277 Å². The first-order chi connectivity index (χ1) is 36.5. The number of carbonyl (C=O) groups excluding carboxylic acids is 3. The summed E-state index contributed by atoms with van der Waals surface area (Å²) in [5.41, 5.74) is 0. The van der Waals surface area contributed by atoms with Gasteiger partial charge in [0.05, 0.1) is 0 Å². The van der Waals surface area contributed by atoms with Gasteiger partial charge in [0.15, 0.2) is 6.10 Å². The highest BCUT2D eigenvalue weighted by Gasteiger charge is 2.19. The number of unbranched alkanes of at least 4 members (excludes halogenated alkanes) is 23. The highest BCUT2D eigenvalue weighted by molar-refractivity contribution is 5.71. The molecule has 6 nitrogen and oxygen atoms in total. The summed E-state index contributed by atoms with van der Waals surface area (Å²) in [4.78, 5) is 37.9. The highest BCUT2D eigenvalue weighted by atomic mass is 16.6. The molecule has 0 rings (SSSR count). The molecule has 0 aliphatic heterocycles. The Labute approximate surface area is 456 Å². The molecule has 0 aromatic heterocycles. The molecular weight excluding hydrogens is 913 g/mol. The summed E-state index contributed by atoms with van der Waals surface area (Å²) in [6.07, 6.45) is 85.3. The normalized spacial score (nSPS) is 13.0. The maximum absolute atomic E-state index is 12.8. The van der Waals surface area contributed by atoms with Gasteiger partial charge in [-0.2, -0.15) is 0 Å². The summed E-state index contributed by atoms with van der Waals surface area (Å²) in [5, 5.41) is 0. The lowest BCUT2D eigenvalue weighted by molar-refractivity contribution is -0.167. The SMILES string of the molecule is CC/C=C\C/C=C\C/C=C\C/C=C\C/C=C\C/C=C\C/C=C\CCCC(=O)OC(COC(=O)CCCCCCCC)COC(=O)CCCCCCCCCCCCCC/C=C\C/C=C\C/C=C\CCCCCCC. The predicted molar refractivity (Wildman–Crippen MR) is 320 cm³/mol. The lowest BCUT2D eigenvalue weighted by atomic mass is 10.0. The van der Waals surface area contributed by atoms with E-state index in [9.17, 15) is 14.4 Å². The Morgan fingerprint density at radius 2 is 0.541 bits per heavy atom. The van der Waals surface area contributed by atoms with Crippen LogP contribution in [0.25, 0.3) is 0 Å². The molecule has 0 radical (unpaired) electrons. The fourth-order valence-corrected chi connectivity index (χ4v) is 8.14. The summed E-state index contributed by atoms with van der Waals surface area (Å²) in [7, 11) is 0. The quantitative estimate of drug-likeness (QED) is 0.0261. The van der Waals surface area contributed by atoms with Crippen molar-refractivity contribution in [1.29, 1.82) is 0 Å². The predicted octanol–water partition coefficient (Wildman–Crippen LogP) is 20.8. The molecule has 0 fully saturated rings. The number of hydrogen-bond donors (Lipinski definition) is 0. The van der Waals surface area contributed by atoms with E-state index < -0.39 is 6.10 Å². The zero-order chi connectivity index (χ0) is 53.6. The van der Waals surface area contributed by atoms with Gasteiger partial charge < -0.3 is 14.2 Å². The van der Waals surface area contributed by atoms with Gasteiger partial charge in [-0.15, -0.1) is 0 Å². The molecule has 6 heteroatoms. The van der Waals surface area contributed by atoms with Gasteiger partial charge in [-0.05, 0) is 109 Å². The van der Waals surface area contributed by atoms with Crippen molar-refractivity contribution < 1.29 is 28.6 Å². The number of allylic oxidation sites excluding steroid dienone is 20. The van der Waals surface area contributed by atoms with Crippen LogP contribution < -0.4 is 0 Å². The van der Waals surface area contributed by atoms with Crippen molar-refractivity contribution in [3.63, 3.8) is 0 Å². The molecule has 1 atom stereocenters. The Kier molecular flexibility index (Phi) is 57.9. The van der Waals surface area contributed by atoms with E-state index in [1.807, 2.05) is 0 Å². The third-order valence-corrected chi connectivity index (χ3v) is 12.7. The topological polar surface area (TPSA) is 78.9 Å². The first kappa shape index (κ1) is 69.8. The van der Waals surface area contributed by atoms with Gasteiger partial charge in [0.25, 0.3) is 0 Å². The van der Waals surface area contributed by atoms with E-state index >= 15 is 0 Å². The van der Waals surface area contributed by atoms with Crippen LogP contribution in [0.3, 0.4) is 0 Å². The van der Waals surface area contributed by atoms with E-state index in [-0.39, 0.29) is 37.5 Å². The summed E-state index contributed by atoms with van der Waals surface area (Å²) in [6, 6.07) is 0. The molecule has 0 saturated carbocycles. The van der Waals surface area contributed by atoms with Gasteiger partial charge in [-0.25, -0.2) is 0 Å². The third kappa shape index (κ3) is 58.7. The Bertz CT molecular complexity index is 1550. The van der Waals surface area contributed by atoms with Crippen LogP contribution in [-0.4, -0.2) is 37.2 Å². The van der Waals surface area contributed by atoms with E-state index in [0.717, 1.165) is 103 Å². The minimum Gasteiger partial charge on any atom is -0.462 e. The first-order valence-corrected chi connectivity index (χ1v) is 30.5. The fourth-order valence-electron chi connectivity index (χ4n) is 8.14. The van der Waals surface area contributed by atoms with E-state index in [1.165, 1.54) is 122 Å². The van der Waals surface area contributed by atoms with Crippen molar-refractivity contribution in [1.82, 2.24) is 0 Å². The number of carbonyl (C=O) groups is 3. The second-order valence-corrected chi connectivity index (χ2v) is 19.9. The van der Waals surface area contributed by atoms with Crippen LogP contribution in [0.2, 0.25) is 0 Å². The maximum Gasteiger partial charge on any atom is 0.306 e. The zero-order valence-electron chi connectivity index (χ0n) is 48.1. The molecule has 0 aliphatic rings. The van der Waals surface area contributed by atoms with Crippen LogP contribution in [0.15, 0.2) is 122 Å². The summed E-state index contributed by atoms with van der Waals surface area (Å²) < 4.78 is 16.7. The second-order valence-electron chi connectivity index (χ2n) is 19.9. The number of rotatable bonds is 54. The molecule has 0 spiro atoms. The summed E-state index contributed by atoms with van der Waals surface area (Å²) in [5.74, 6) is -0.976. The lowest BCUT2D eigenvalue weighted by Gasteiger charge is -2.18. The van der Waals surface area contributed by atoms with Gasteiger partial charge in [0.1, 0.15) is 13.2 Å². The van der Waals surface area contributed by atoms with Crippen LogP contribution >= 0.6 is 0 Å². The van der Waals surface area contributed by atoms with Crippen LogP contribution in [0, 0.1) is 0 Å². The summed E-state index contributed by atoms with van der Waals surface area (Å²) >= 11 is 0. The Balaban J connectivity index is 4.22. The fraction of sp³-hybridized carbons (Fsp3) is 0.662. The van der Waals surface area contributed by atoms with E-state index in [4.69, 9.17) is 14.2 Å². The standard InChI is InChI=1S/C68H112O6/c1-4-7-10-13-16-18-20-22-24-26-28-30-32-33-34-35-37-38-40-42-44-46-48-50-52-55-58-61-67(70)73-64-65(63-72-66(69)60-57-54-15-12-9-6-3)74-68(71)62-59-56-53-51-49-47-45-43-41-39-36-31-29-27-25-23-21-19-17-14-11-8-5-2/h8,11,17,19-20,22-23,25-26,28-29,31-33,39,41,45,47,51,53,65H,4-7,9-10,12-16,18,21,24,27,30,34-38,40,42-44,46,48-50,52,54-64H2,1-3H3/b11-8-,19-17-,22-20-,25-23-,28-26-,31-29-,33-32-,41-39-,47-45-,53-51-. The first-order valence-electron chi connectivity index (χ1n) is 30.5. The van der Waals surface area contributed by atoms with Crippen molar-refractivity contribution in [2.75, 3.05) is 13.2 Å². The molecule has 0 N–H and O–H groups in total. The zero-order valence-corrected chi connectivity index (χ0v) is 48.1. The molecule has 0 amide bonds. The van der Waals surface area contributed by atoms with E-state index in [1.54, 1.807) is 0 Å². The average molecular weight is 1030 g/mol. The van der Waals surface area contributed by atoms with Gasteiger partial charge in [0.2, 0.25) is 0 Å². The monoisotopic (exact) mass is 1020 g/mol. The lowest BCUT2D eigenvalue weighted by Crippen LogP contribution is -2.30. The molecule has 1 unspecified atom stereocenters. The van der Waals surface area contributed by atoms with Crippen LogP contribution in [0.1, 0.15) is 271 Å². The highest BCUT2D eigenvalue weighted by Crippen LogP contribution is 2.15. The van der Waals surface area contributed by atoms with Gasteiger partial charge in [-0.1, -0.05) is 264 Å². The molecule has 0 heterocycles. The molecule has 0 aromatic rings. The minimum absolute atomic E-state index is 0.104. The van der Waals surface area contributed by atoms with Crippen molar-refractivity contribution in [2.24, 2.45) is 0 Å². The molecule has 0 saturated heterocycles. The van der Waals surface area contributed by atoms with E-state index in [0.29, 0.717) is 19.3 Å². The maximum atomic E-state index is 12.8. The van der Waals surface area contributed by atoms with Crippen molar-refractivity contribution in [3.8, 4) is 0 Å².